The number of nitrogens with zero attached hydrogens (tertiary/aromatic N) is 2. The molecule has 3 rings (SSSR count). The third-order valence-electron chi connectivity index (χ3n) is 4.66. The second-order valence-electron chi connectivity index (χ2n) is 6.27. The van der Waals surface area contributed by atoms with E-state index < -0.39 is 0 Å². The number of hydrogen-bond acceptors (Lipinski definition) is 4. The van der Waals surface area contributed by atoms with Gasteiger partial charge in [-0.25, -0.2) is 0 Å². The Kier molecular flexibility index (Phi) is 6.21. The summed E-state index contributed by atoms with van der Waals surface area (Å²) in [6.07, 6.45) is 1.16. The average molecular weight is 405 g/mol. The van der Waals surface area contributed by atoms with E-state index in [0.29, 0.717) is 0 Å². The second kappa shape index (κ2) is 8.59. The molecule has 4 nitrogen and oxygen atoms in total. The van der Waals surface area contributed by atoms with E-state index >= 15 is 0 Å². The van der Waals surface area contributed by atoms with Gasteiger partial charge in [-0.2, -0.15) is 0 Å². The first kappa shape index (κ1) is 18.1. The van der Waals surface area contributed by atoms with Crippen LogP contribution in [0.25, 0.3) is 0 Å². The predicted octanol–water partition coefficient (Wildman–Crippen LogP) is 4.18. The van der Waals surface area contributed by atoms with Crippen molar-refractivity contribution in [3.63, 3.8) is 0 Å². The van der Waals surface area contributed by atoms with Crippen molar-refractivity contribution in [2.75, 3.05) is 45.3 Å². The zero-order valence-electron chi connectivity index (χ0n) is 14.9. The first-order valence-corrected chi connectivity index (χ1v) is 9.42. The fourth-order valence-electron chi connectivity index (χ4n) is 3.29. The summed E-state index contributed by atoms with van der Waals surface area (Å²) in [5, 5.41) is 0. The van der Waals surface area contributed by atoms with Crippen LogP contribution in [-0.2, 0) is 6.54 Å². The summed E-state index contributed by atoms with van der Waals surface area (Å²) in [6.45, 7) is 5.17. The lowest BCUT2D eigenvalue weighted by atomic mass is 10.2. The van der Waals surface area contributed by atoms with Gasteiger partial charge in [-0.3, -0.25) is 4.90 Å². The van der Waals surface area contributed by atoms with Gasteiger partial charge in [0.1, 0.15) is 11.5 Å². The maximum Gasteiger partial charge on any atom is 0.123 e. The summed E-state index contributed by atoms with van der Waals surface area (Å²) in [5.41, 5.74) is 2.50. The third-order valence-corrected chi connectivity index (χ3v) is 5.16. The van der Waals surface area contributed by atoms with Crippen LogP contribution >= 0.6 is 15.9 Å². The molecule has 1 saturated heterocycles. The SMILES string of the molecule is COc1ccc(N2CCCN(Cc3cc(Br)ccc3OC)CC2)cc1. The van der Waals surface area contributed by atoms with E-state index in [1.165, 1.54) is 11.3 Å². The lowest BCUT2D eigenvalue weighted by molar-refractivity contribution is 0.279. The summed E-state index contributed by atoms with van der Waals surface area (Å²) < 4.78 is 11.9. The average Bonchev–Trinajstić information content (AvgIpc) is 2.88. The quantitative estimate of drug-likeness (QED) is 0.745. The Balaban J connectivity index is 1.64. The van der Waals surface area contributed by atoms with Gasteiger partial charge in [0.2, 0.25) is 0 Å². The topological polar surface area (TPSA) is 24.9 Å². The zero-order chi connectivity index (χ0) is 17.6. The minimum Gasteiger partial charge on any atom is -0.497 e. The standard InChI is InChI=1S/C20H25BrN2O2/c1-24-19-7-5-18(6-8-19)23-11-3-10-22(12-13-23)15-16-14-17(21)4-9-20(16)25-2/h4-9,14H,3,10-13,15H2,1-2H3. The molecule has 0 atom stereocenters. The Morgan fingerprint density at radius 3 is 2.44 bits per heavy atom. The van der Waals surface area contributed by atoms with Crippen LogP contribution in [0.5, 0.6) is 11.5 Å². The van der Waals surface area contributed by atoms with Crippen molar-refractivity contribution < 1.29 is 9.47 Å². The van der Waals surface area contributed by atoms with E-state index in [-0.39, 0.29) is 0 Å². The smallest absolute Gasteiger partial charge is 0.123 e. The van der Waals surface area contributed by atoms with Gasteiger partial charge in [0.15, 0.2) is 0 Å². The molecule has 1 fully saturated rings. The fraction of sp³-hybridized carbons (Fsp3) is 0.400. The van der Waals surface area contributed by atoms with Gasteiger partial charge in [0.25, 0.3) is 0 Å². The van der Waals surface area contributed by atoms with E-state index in [0.717, 1.165) is 55.1 Å². The number of hydrogen-bond donors (Lipinski definition) is 0. The van der Waals surface area contributed by atoms with Gasteiger partial charge in [-0.1, -0.05) is 15.9 Å². The number of ether oxygens (including phenoxy) is 2. The minimum atomic E-state index is 0.905. The zero-order valence-corrected chi connectivity index (χ0v) is 16.5. The summed E-state index contributed by atoms with van der Waals surface area (Å²) in [7, 11) is 3.44. The van der Waals surface area contributed by atoms with Crippen LogP contribution in [-0.4, -0.2) is 45.3 Å². The van der Waals surface area contributed by atoms with Crippen molar-refractivity contribution >= 4 is 21.6 Å². The molecule has 0 radical (unpaired) electrons. The molecule has 0 unspecified atom stereocenters. The number of anilines is 1. The maximum absolute atomic E-state index is 5.52. The Morgan fingerprint density at radius 1 is 0.920 bits per heavy atom. The monoisotopic (exact) mass is 404 g/mol. The van der Waals surface area contributed by atoms with Gasteiger partial charge < -0.3 is 14.4 Å². The molecule has 2 aromatic rings. The van der Waals surface area contributed by atoms with Crippen molar-refractivity contribution in [1.29, 1.82) is 0 Å². The highest BCUT2D eigenvalue weighted by atomic mass is 79.9. The highest BCUT2D eigenvalue weighted by molar-refractivity contribution is 9.10. The molecule has 1 heterocycles. The van der Waals surface area contributed by atoms with E-state index in [2.05, 4.69) is 43.9 Å². The van der Waals surface area contributed by atoms with Crippen molar-refractivity contribution in [1.82, 2.24) is 4.90 Å². The molecule has 0 bridgehead atoms. The molecule has 5 heteroatoms. The Hall–Kier alpha value is -1.72. The van der Waals surface area contributed by atoms with Crippen LogP contribution < -0.4 is 14.4 Å². The van der Waals surface area contributed by atoms with Gasteiger partial charge in [0.05, 0.1) is 14.2 Å². The fourth-order valence-corrected chi connectivity index (χ4v) is 3.70. The van der Waals surface area contributed by atoms with Crippen LogP contribution in [0.15, 0.2) is 46.9 Å². The molecule has 25 heavy (non-hydrogen) atoms. The first-order valence-electron chi connectivity index (χ1n) is 8.63. The largest absolute Gasteiger partial charge is 0.497 e. The number of halogens is 1. The molecule has 1 aliphatic rings. The highest BCUT2D eigenvalue weighted by Gasteiger charge is 2.17. The molecular formula is C20H25BrN2O2. The predicted molar refractivity (Wildman–Crippen MR) is 106 cm³/mol. The normalized spacial score (nSPS) is 15.7. The summed E-state index contributed by atoms with van der Waals surface area (Å²) >= 11 is 3.57. The van der Waals surface area contributed by atoms with Gasteiger partial charge >= 0.3 is 0 Å². The molecule has 0 spiro atoms. The highest BCUT2D eigenvalue weighted by Crippen LogP contribution is 2.25. The van der Waals surface area contributed by atoms with Crippen molar-refractivity contribution in [3.05, 3.63) is 52.5 Å². The lowest BCUT2D eigenvalue weighted by Gasteiger charge is -2.24. The molecule has 1 aliphatic heterocycles. The molecular weight excluding hydrogens is 380 g/mol. The van der Waals surface area contributed by atoms with Crippen LogP contribution in [0.1, 0.15) is 12.0 Å². The number of benzene rings is 2. The number of rotatable bonds is 5. The lowest BCUT2D eigenvalue weighted by Crippen LogP contribution is -2.30. The Labute approximate surface area is 158 Å². The van der Waals surface area contributed by atoms with Gasteiger partial charge in [-0.15, -0.1) is 0 Å². The van der Waals surface area contributed by atoms with Crippen molar-refractivity contribution in [3.8, 4) is 11.5 Å². The molecule has 134 valence electrons. The van der Waals surface area contributed by atoms with Crippen LogP contribution in [0.4, 0.5) is 5.69 Å². The first-order chi connectivity index (χ1) is 12.2. The third kappa shape index (κ3) is 4.67. The molecule has 0 aliphatic carbocycles. The van der Waals surface area contributed by atoms with Crippen LogP contribution in [0.2, 0.25) is 0 Å². The summed E-state index contributed by atoms with van der Waals surface area (Å²) in [6, 6.07) is 14.6. The van der Waals surface area contributed by atoms with Crippen LogP contribution in [0, 0.1) is 0 Å². The number of methoxy groups -OCH3 is 2. The van der Waals surface area contributed by atoms with E-state index in [1.54, 1.807) is 14.2 Å². The van der Waals surface area contributed by atoms with E-state index in [9.17, 15) is 0 Å². The van der Waals surface area contributed by atoms with Gasteiger partial charge in [-0.05, 0) is 48.9 Å². The molecule has 0 N–H and O–H groups in total. The van der Waals surface area contributed by atoms with Crippen molar-refractivity contribution in [2.24, 2.45) is 0 Å². The Morgan fingerprint density at radius 2 is 1.72 bits per heavy atom. The maximum atomic E-state index is 5.52. The molecule has 0 amide bonds. The van der Waals surface area contributed by atoms with Crippen molar-refractivity contribution in [2.45, 2.75) is 13.0 Å². The second-order valence-corrected chi connectivity index (χ2v) is 7.19. The molecule has 0 aromatic heterocycles. The molecule has 2 aromatic carbocycles. The summed E-state index contributed by atoms with van der Waals surface area (Å²) in [4.78, 5) is 4.96. The van der Waals surface area contributed by atoms with E-state index in [4.69, 9.17) is 9.47 Å². The Bertz CT molecular complexity index is 691. The molecule has 0 saturated carbocycles. The minimum absolute atomic E-state index is 0.905. The van der Waals surface area contributed by atoms with Gasteiger partial charge in [0, 0.05) is 48.4 Å². The van der Waals surface area contributed by atoms with Crippen LogP contribution in [0.3, 0.4) is 0 Å². The van der Waals surface area contributed by atoms with E-state index in [1.807, 2.05) is 24.3 Å². The summed E-state index contributed by atoms with van der Waals surface area (Å²) in [5.74, 6) is 1.86.